The first-order chi connectivity index (χ1) is 8.91. The van der Waals surface area contributed by atoms with E-state index in [1.807, 2.05) is 0 Å². The molecule has 0 spiro atoms. The van der Waals surface area contributed by atoms with Crippen molar-refractivity contribution >= 4 is 38.1 Å². The van der Waals surface area contributed by atoms with Gasteiger partial charge in [0, 0.05) is 10.9 Å². The van der Waals surface area contributed by atoms with Crippen molar-refractivity contribution in [3.05, 3.63) is 35.2 Å². The summed E-state index contributed by atoms with van der Waals surface area (Å²) >= 11 is 6.26. The van der Waals surface area contributed by atoms with E-state index in [0.29, 0.717) is 11.3 Å². The Labute approximate surface area is 117 Å². The molecule has 0 aliphatic heterocycles. The summed E-state index contributed by atoms with van der Waals surface area (Å²) in [5, 5.41) is 1.05. The second-order valence-electron chi connectivity index (χ2n) is 3.49. The van der Waals surface area contributed by atoms with Gasteiger partial charge in [0.15, 0.2) is 16.8 Å². The van der Waals surface area contributed by atoms with Gasteiger partial charge in [0.25, 0.3) is 0 Å². The molecular weight excluding hydrogens is 318 g/mol. The highest BCUT2D eigenvalue weighted by Crippen LogP contribution is 2.26. The van der Waals surface area contributed by atoms with Crippen LogP contribution in [0.25, 0.3) is 11.3 Å². The molecule has 1 heterocycles. The molecule has 2 rings (SSSR count). The van der Waals surface area contributed by atoms with Gasteiger partial charge in [-0.2, -0.15) is 0 Å². The van der Waals surface area contributed by atoms with Gasteiger partial charge in [0.1, 0.15) is 5.21 Å². The number of hydrogen-bond donors (Lipinski definition) is 1. The number of benzene rings is 1. The van der Waals surface area contributed by atoms with Crippen molar-refractivity contribution in [3.63, 3.8) is 0 Å². The van der Waals surface area contributed by atoms with Crippen LogP contribution in [0.1, 0.15) is 0 Å². The van der Waals surface area contributed by atoms with Crippen molar-refractivity contribution in [2.24, 2.45) is 0 Å². The number of aromatic nitrogens is 1. The lowest BCUT2D eigenvalue weighted by atomic mass is 10.2. The smallest absolute Gasteiger partial charge is 0.248 e. The van der Waals surface area contributed by atoms with Crippen molar-refractivity contribution in [1.82, 2.24) is 4.98 Å². The third-order valence-corrected chi connectivity index (χ3v) is 4.65. The summed E-state index contributed by atoms with van der Waals surface area (Å²) in [6.07, 6.45) is 0. The molecule has 0 fully saturated rings. The van der Waals surface area contributed by atoms with E-state index in [2.05, 4.69) is 9.71 Å². The lowest BCUT2D eigenvalue weighted by Crippen LogP contribution is -2.13. The average Bonchev–Trinajstić information content (AvgIpc) is 2.80. The Bertz CT molecular complexity index is 703. The third kappa shape index (κ3) is 3.40. The minimum Gasteiger partial charge on any atom is -0.258 e. The second-order valence-corrected chi connectivity index (χ2v) is 6.66. The predicted octanol–water partition coefficient (Wildman–Crippen LogP) is 3.03. The number of nitrogens with one attached hydrogen (secondary N) is 1. The molecule has 1 N–H and O–H groups in total. The molecule has 0 saturated carbocycles. The largest absolute Gasteiger partial charge is 0.258 e. The van der Waals surface area contributed by atoms with E-state index in [9.17, 15) is 17.2 Å². The third-order valence-electron chi connectivity index (χ3n) is 2.11. The van der Waals surface area contributed by atoms with E-state index in [-0.39, 0.29) is 5.13 Å². The minimum atomic E-state index is -3.63. The fourth-order valence-corrected chi connectivity index (χ4v) is 2.94. The molecule has 0 saturated heterocycles. The number of anilines is 1. The number of sulfonamides is 1. The fourth-order valence-electron chi connectivity index (χ4n) is 1.27. The van der Waals surface area contributed by atoms with Gasteiger partial charge in [-0.25, -0.2) is 22.2 Å². The molecule has 0 aliphatic carbocycles. The van der Waals surface area contributed by atoms with E-state index < -0.39 is 26.9 Å². The van der Waals surface area contributed by atoms with Gasteiger partial charge in [0.2, 0.25) is 10.0 Å². The Morgan fingerprint density at radius 2 is 2.05 bits per heavy atom. The van der Waals surface area contributed by atoms with Gasteiger partial charge in [0.05, 0.1) is 5.69 Å². The molecule has 0 amide bonds. The molecule has 0 atom stereocenters. The number of halogens is 3. The molecule has 1 aromatic carbocycles. The van der Waals surface area contributed by atoms with Crippen LogP contribution in [0.4, 0.5) is 13.9 Å². The summed E-state index contributed by atoms with van der Waals surface area (Å²) < 4.78 is 50.5. The molecule has 0 aliphatic rings. The van der Waals surface area contributed by atoms with Gasteiger partial charge in [-0.15, -0.1) is 22.9 Å². The summed E-state index contributed by atoms with van der Waals surface area (Å²) in [4.78, 5) is 3.96. The maximum Gasteiger partial charge on any atom is 0.248 e. The monoisotopic (exact) mass is 324 g/mol. The highest BCUT2D eigenvalue weighted by Gasteiger charge is 2.13. The Morgan fingerprint density at radius 3 is 2.68 bits per heavy atom. The molecule has 0 unspecified atom stereocenters. The highest BCUT2D eigenvalue weighted by molar-refractivity contribution is 7.94. The van der Waals surface area contributed by atoms with Crippen molar-refractivity contribution in [1.29, 1.82) is 0 Å². The second kappa shape index (κ2) is 5.40. The molecule has 9 heteroatoms. The zero-order valence-corrected chi connectivity index (χ0v) is 11.6. The standard InChI is InChI=1S/C10H7ClF2N2O2S2/c11-5-19(16,17)15-10-14-9(4-18-10)6-1-2-7(12)8(13)3-6/h1-4H,5H2,(H,14,15). The Hall–Kier alpha value is -1.25. The normalized spacial score (nSPS) is 11.5. The van der Waals surface area contributed by atoms with E-state index in [0.717, 1.165) is 23.5 Å². The van der Waals surface area contributed by atoms with Crippen LogP contribution in [0, 0.1) is 11.6 Å². The topological polar surface area (TPSA) is 59.1 Å². The van der Waals surface area contributed by atoms with E-state index in [1.54, 1.807) is 0 Å². The Morgan fingerprint density at radius 1 is 1.32 bits per heavy atom. The number of thiazole rings is 1. The lowest BCUT2D eigenvalue weighted by molar-refractivity contribution is 0.509. The Balaban J connectivity index is 2.28. The fraction of sp³-hybridized carbons (Fsp3) is 0.100. The first-order valence-electron chi connectivity index (χ1n) is 4.89. The van der Waals surface area contributed by atoms with E-state index >= 15 is 0 Å². The van der Waals surface area contributed by atoms with Crippen LogP contribution >= 0.6 is 22.9 Å². The summed E-state index contributed by atoms with van der Waals surface area (Å²) in [5.41, 5.74) is 0.697. The summed E-state index contributed by atoms with van der Waals surface area (Å²) in [6, 6.07) is 3.32. The molecule has 4 nitrogen and oxygen atoms in total. The summed E-state index contributed by atoms with van der Waals surface area (Å²) in [6.45, 7) is 0. The summed E-state index contributed by atoms with van der Waals surface area (Å²) in [5.74, 6) is -1.95. The van der Waals surface area contributed by atoms with Gasteiger partial charge < -0.3 is 0 Å². The molecule has 102 valence electrons. The summed E-state index contributed by atoms with van der Waals surface area (Å²) in [7, 11) is -3.63. The van der Waals surface area contributed by atoms with Crippen LogP contribution in [0.5, 0.6) is 0 Å². The van der Waals surface area contributed by atoms with Gasteiger partial charge >= 0.3 is 0 Å². The average molecular weight is 325 g/mol. The lowest BCUT2D eigenvalue weighted by Gasteiger charge is -2.00. The van der Waals surface area contributed by atoms with Crippen LogP contribution < -0.4 is 4.72 Å². The zero-order valence-electron chi connectivity index (χ0n) is 9.23. The maximum absolute atomic E-state index is 13.1. The van der Waals surface area contributed by atoms with Crippen LogP contribution in [0.15, 0.2) is 23.6 Å². The number of alkyl halides is 1. The predicted molar refractivity (Wildman–Crippen MR) is 70.7 cm³/mol. The van der Waals surface area contributed by atoms with Gasteiger partial charge in [-0.1, -0.05) is 0 Å². The highest BCUT2D eigenvalue weighted by atomic mass is 35.5. The first-order valence-corrected chi connectivity index (χ1v) is 7.95. The van der Waals surface area contributed by atoms with Crippen molar-refractivity contribution < 1.29 is 17.2 Å². The molecule has 0 bridgehead atoms. The quantitative estimate of drug-likeness (QED) is 0.879. The van der Waals surface area contributed by atoms with Crippen molar-refractivity contribution in [2.45, 2.75) is 0 Å². The van der Waals surface area contributed by atoms with Crippen LogP contribution in [0.3, 0.4) is 0 Å². The van der Waals surface area contributed by atoms with Crippen LogP contribution in [-0.2, 0) is 10.0 Å². The zero-order chi connectivity index (χ0) is 14.0. The van der Waals surface area contributed by atoms with Crippen LogP contribution in [-0.4, -0.2) is 18.6 Å². The molecule has 0 radical (unpaired) electrons. The number of hydrogen-bond acceptors (Lipinski definition) is 4. The van der Waals surface area contributed by atoms with E-state index in [4.69, 9.17) is 11.6 Å². The Kier molecular flexibility index (Phi) is 4.02. The first kappa shape index (κ1) is 14.2. The molecule has 2 aromatic rings. The maximum atomic E-state index is 13.1. The van der Waals surface area contributed by atoms with Gasteiger partial charge in [-0.05, 0) is 18.2 Å². The van der Waals surface area contributed by atoms with E-state index in [1.165, 1.54) is 11.4 Å². The molecule has 1 aromatic heterocycles. The number of rotatable bonds is 4. The van der Waals surface area contributed by atoms with Crippen molar-refractivity contribution in [3.8, 4) is 11.3 Å². The number of nitrogens with zero attached hydrogens (tertiary/aromatic N) is 1. The van der Waals surface area contributed by atoms with Crippen molar-refractivity contribution in [2.75, 3.05) is 9.93 Å². The SMILES string of the molecule is O=S(=O)(CCl)Nc1nc(-c2ccc(F)c(F)c2)cs1. The van der Waals surface area contributed by atoms with Crippen LogP contribution in [0.2, 0.25) is 0 Å². The molecule has 19 heavy (non-hydrogen) atoms. The molecular formula is C10H7ClF2N2O2S2. The van der Waals surface area contributed by atoms with Gasteiger partial charge in [-0.3, -0.25) is 4.72 Å². The minimum absolute atomic E-state index is 0.111.